The number of hydrogen-bond donors (Lipinski definition) is 0. The van der Waals surface area contributed by atoms with E-state index in [9.17, 15) is 14.0 Å². The van der Waals surface area contributed by atoms with Crippen molar-refractivity contribution in [2.45, 2.75) is 5.16 Å². The monoisotopic (exact) mass is 306 g/mol. The highest BCUT2D eigenvalue weighted by Crippen LogP contribution is 2.24. The van der Waals surface area contributed by atoms with Gasteiger partial charge in [0.2, 0.25) is 0 Å². The van der Waals surface area contributed by atoms with E-state index < -0.39 is 11.8 Å². The lowest BCUT2D eigenvalue weighted by Gasteiger charge is -2.07. The number of thioether (sulfide) groups is 1. The van der Waals surface area contributed by atoms with Crippen LogP contribution in [-0.2, 0) is 4.74 Å². The number of nitrogens with zero attached hydrogens (tertiary/aromatic N) is 2. The minimum absolute atomic E-state index is 0.173. The van der Waals surface area contributed by atoms with Crippen LogP contribution >= 0.6 is 11.8 Å². The summed E-state index contributed by atoms with van der Waals surface area (Å²) in [7, 11) is 1.18. The van der Waals surface area contributed by atoms with Crippen LogP contribution < -0.4 is 0 Å². The Hall–Kier alpha value is -2.28. The first-order valence-corrected chi connectivity index (χ1v) is 7.07. The highest BCUT2D eigenvalue weighted by molar-refractivity contribution is 7.98. The van der Waals surface area contributed by atoms with Crippen molar-refractivity contribution in [2.24, 2.45) is 0 Å². The number of rotatable bonds is 4. The van der Waals surface area contributed by atoms with E-state index in [1.54, 1.807) is 6.26 Å². The molecule has 0 saturated heterocycles. The van der Waals surface area contributed by atoms with E-state index in [1.165, 1.54) is 37.2 Å². The van der Waals surface area contributed by atoms with Gasteiger partial charge in [-0.2, -0.15) is 0 Å². The molecule has 0 aliphatic rings. The summed E-state index contributed by atoms with van der Waals surface area (Å²) < 4.78 is 18.4. The molecule has 0 amide bonds. The van der Waals surface area contributed by atoms with Crippen LogP contribution in [0.25, 0.3) is 11.3 Å². The molecule has 7 heteroatoms. The molecule has 0 radical (unpaired) electrons. The van der Waals surface area contributed by atoms with Crippen LogP contribution in [0.5, 0.6) is 0 Å². The molecule has 0 atom stereocenters. The Morgan fingerprint density at radius 2 is 2.19 bits per heavy atom. The van der Waals surface area contributed by atoms with Crippen LogP contribution in [0.3, 0.4) is 0 Å². The van der Waals surface area contributed by atoms with Crippen molar-refractivity contribution in [1.82, 2.24) is 9.97 Å². The van der Waals surface area contributed by atoms with E-state index in [0.29, 0.717) is 22.7 Å². The first kappa shape index (κ1) is 15.1. The Morgan fingerprint density at radius 1 is 1.43 bits per heavy atom. The minimum atomic E-state index is -0.762. The lowest BCUT2D eigenvalue weighted by Crippen LogP contribution is -2.05. The summed E-state index contributed by atoms with van der Waals surface area (Å²) >= 11 is 1.31. The van der Waals surface area contributed by atoms with Gasteiger partial charge in [0.05, 0.1) is 23.9 Å². The third-order valence-electron chi connectivity index (χ3n) is 2.75. The van der Waals surface area contributed by atoms with E-state index in [1.807, 2.05) is 0 Å². The predicted molar refractivity (Wildman–Crippen MR) is 75.9 cm³/mol. The van der Waals surface area contributed by atoms with E-state index in [-0.39, 0.29) is 11.1 Å². The van der Waals surface area contributed by atoms with Crippen LogP contribution in [0, 0.1) is 5.82 Å². The molecule has 0 aliphatic heterocycles. The second-order valence-electron chi connectivity index (χ2n) is 3.96. The fourth-order valence-corrected chi connectivity index (χ4v) is 2.07. The largest absolute Gasteiger partial charge is 0.465 e. The van der Waals surface area contributed by atoms with Crippen LogP contribution in [0.15, 0.2) is 29.6 Å². The lowest BCUT2D eigenvalue weighted by atomic mass is 10.1. The number of esters is 1. The van der Waals surface area contributed by atoms with Gasteiger partial charge in [-0.1, -0.05) is 17.8 Å². The number of halogens is 1. The average molecular weight is 306 g/mol. The van der Waals surface area contributed by atoms with Gasteiger partial charge in [-0.05, 0) is 18.4 Å². The quantitative estimate of drug-likeness (QED) is 0.374. The van der Waals surface area contributed by atoms with Crippen LogP contribution in [0.1, 0.15) is 20.7 Å². The van der Waals surface area contributed by atoms with Gasteiger partial charge in [-0.25, -0.2) is 19.2 Å². The number of aromatic nitrogens is 2. The Balaban J connectivity index is 2.54. The van der Waals surface area contributed by atoms with Crippen molar-refractivity contribution in [2.75, 3.05) is 13.4 Å². The SMILES string of the molecule is COC(=O)c1ccc(-c2nc(SC)ncc2C=O)cc1F. The topological polar surface area (TPSA) is 69.2 Å². The summed E-state index contributed by atoms with van der Waals surface area (Å²) in [6.45, 7) is 0. The van der Waals surface area contributed by atoms with Gasteiger partial charge >= 0.3 is 5.97 Å². The van der Waals surface area contributed by atoms with Crippen molar-refractivity contribution in [3.05, 3.63) is 41.3 Å². The smallest absolute Gasteiger partial charge is 0.340 e. The summed E-state index contributed by atoms with van der Waals surface area (Å²) in [5.41, 5.74) is 0.783. The molecule has 5 nitrogen and oxygen atoms in total. The van der Waals surface area contributed by atoms with Gasteiger partial charge in [-0.3, -0.25) is 4.79 Å². The molecule has 0 N–H and O–H groups in total. The van der Waals surface area contributed by atoms with Crippen LogP contribution in [-0.4, -0.2) is 35.6 Å². The standard InChI is InChI=1S/C14H11FN2O3S/c1-20-13(19)10-4-3-8(5-11(10)15)12-9(7-18)6-16-14(17-12)21-2/h3-7H,1-2H3. The maximum atomic E-state index is 14.0. The van der Waals surface area contributed by atoms with Crippen molar-refractivity contribution in [1.29, 1.82) is 0 Å². The summed E-state index contributed by atoms with van der Waals surface area (Å²) in [6.07, 6.45) is 3.78. The summed E-state index contributed by atoms with van der Waals surface area (Å²) in [5.74, 6) is -1.50. The predicted octanol–water partition coefficient (Wildman–Crippen LogP) is 2.60. The normalized spacial score (nSPS) is 10.2. The summed E-state index contributed by atoms with van der Waals surface area (Å²) in [5, 5.41) is 0.466. The van der Waals surface area contributed by atoms with E-state index in [4.69, 9.17) is 0 Å². The van der Waals surface area contributed by atoms with Crippen molar-refractivity contribution >= 4 is 24.0 Å². The summed E-state index contributed by atoms with van der Waals surface area (Å²) in [4.78, 5) is 30.6. The Morgan fingerprint density at radius 3 is 2.76 bits per heavy atom. The number of benzene rings is 1. The molecule has 0 aliphatic carbocycles. The first-order chi connectivity index (χ1) is 10.1. The highest BCUT2D eigenvalue weighted by Gasteiger charge is 2.15. The number of carbonyl (C=O) groups excluding carboxylic acids is 2. The molecule has 0 bridgehead atoms. The van der Waals surface area contributed by atoms with Crippen LogP contribution in [0.4, 0.5) is 4.39 Å². The summed E-state index contributed by atoms with van der Waals surface area (Å²) in [6, 6.07) is 3.95. The fraction of sp³-hybridized carbons (Fsp3) is 0.143. The number of aldehydes is 1. The molecule has 1 aromatic carbocycles. The molecule has 0 unspecified atom stereocenters. The maximum Gasteiger partial charge on any atom is 0.340 e. The lowest BCUT2D eigenvalue weighted by molar-refractivity contribution is 0.0595. The molecule has 108 valence electrons. The Labute approximate surface area is 124 Å². The van der Waals surface area contributed by atoms with E-state index in [2.05, 4.69) is 14.7 Å². The fourth-order valence-electron chi connectivity index (χ4n) is 1.73. The first-order valence-electron chi connectivity index (χ1n) is 5.85. The third kappa shape index (κ3) is 3.08. The van der Waals surface area contributed by atoms with Crippen molar-refractivity contribution in [3.8, 4) is 11.3 Å². The maximum absolute atomic E-state index is 14.0. The minimum Gasteiger partial charge on any atom is -0.465 e. The van der Waals surface area contributed by atoms with Gasteiger partial charge in [0, 0.05) is 11.8 Å². The third-order valence-corrected chi connectivity index (χ3v) is 3.31. The highest BCUT2D eigenvalue weighted by atomic mass is 32.2. The second kappa shape index (κ2) is 6.45. The molecule has 1 heterocycles. The molecule has 2 rings (SSSR count). The molecular weight excluding hydrogens is 295 g/mol. The Kier molecular flexibility index (Phi) is 4.64. The number of hydrogen-bond acceptors (Lipinski definition) is 6. The van der Waals surface area contributed by atoms with E-state index in [0.717, 1.165) is 6.07 Å². The molecule has 1 aromatic heterocycles. The van der Waals surface area contributed by atoms with Crippen molar-refractivity contribution < 1.29 is 18.7 Å². The zero-order valence-electron chi connectivity index (χ0n) is 11.3. The Bertz CT molecular complexity index is 707. The van der Waals surface area contributed by atoms with Gasteiger partial charge < -0.3 is 4.74 Å². The number of carbonyl (C=O) groups is 2. The molecule has 2 aromatic rings. The van der Waals surface area contributed by atoms with Crippen LogP contribution in [0.2, 0.25) is 0 Å². The van der Waals surface area contributed by atoms with Crippen molar-refractivity contribution in [3.63, 3.8) is 0 Å². The van der Waals surface area contributed by atoms with E-state index >= 15 is 0 Å². The molecule has 0 fully saturated rings. The molecule has 21 heavy (non-hydrogen) atoms. The number of ether oxygens (including phenoxy) is 1. The molecular formula is C14H11FN2O3S. The van der Waals surface area contributed by atoms with Gasteiger partial charge in [0.1, 0.15) is 5.82 Å². The zero-order valence-corrected chi connectivity index (χ0v) is 12.1. The van der Waals surface area contributed by atoms with Gasteiger partial charge in [0.25, 0.3) is 0 Å². The van der Waals surface area contributed by atoms with Gasteiger partial charge in [0.15, 0.2) is 11.4 Å². The second-order valence-corrected chi connectivity index (χ2v) is 4.74. The number of methoxy groups -OCH3 is 1. The zero-order chi connectivity index (χ0) is 15.4. The molecule has 0 spiro atoms. The average Bonchev–Trinajstić information content (AvgIpc) is 2.53. The van der Waals surface area contributed by atoms with Gasteiger partial charge in [-0.15, -0.1) is 0 Å². The molecule has 0 saturated carbocycles.